The average Bonchev–Trinajstić information content (AvgIpc) is 2.94. The number of benzene rings is 3. The summed E-state index contributed by atoms with van der Waals surface area (Å²) in [7, 11) is 0. The van der Waals surface area contributed by atoms with E-state index >= 15 is 0 Å². The van der Waals surface area contributed by atoms with E-state index in [1.807, 2.05) is 0 Å². The second-order valence-electron chi connectivity index (χ2n) is 5.54. The quantitative estimate of drug-likeness (QED) is 0.496. The number of fused-ring (bicyclic) bond motifs is 1. The fraction of sp³-hybridized carbons (Fsp3) is 0.0526. The number of ether oxygens (including phenoxy) is 2. The first-order chi connectivity index (χ1) is 12.0. The molecule has 1 aliphatic rings. The van der Waals surface area contributed by atoms with Gasteiger partial charge >= 0.3 is 5.79 Å². The van der Waals surface area contributed by atoms with E-state index in [4.69, 9.17) is 44.3 Å². The number of halogens is 4. The first kappa shape index (κ1) is 16.5. The third-order valence-corrected chi connectivity index (χ3v) is 4.72. The van der Waals surface area contributed by atoms with Crippen LogP contribution >= 0.6 is 34.8 Å². The van der Waals surface area contributed by atoms with Gasteiger partial charge in [0.25, 0.3) is 0 Å². The zero-order valence-corrected chi connectivity index (χ0v) is 14.9. The fourth-order valence-corrected chi connectivity index (χ4v) is 3.44. The van der Waals surface area contributed by atoms with Crippen molar-refractivity contribution in [1.29, 1.82) is 0 Å². The molecule has 126 valence electrons. The highest BCUT2D eigenvalue weighted by Crippen LogP contribution is 2.49. The Kier molecular flexibility index (Phi) is 4.03. The van der Waals surface area contributed by atoms with Gasteiger partial charge in [-0.25, -0.2) is 4.39 Å². The molecule has 0 aromatic heterocycles. The zero-order valence-electron chi connectivity index (χ0n) is 12.6. The monoisotopic (exact) mass is 394 g/mol. The van der Waals surface area contributed by atoms with E-state index in [1.165, 1.54) is 18.2 Å². The summed E-state index contributed by atoms with van der Waals surface area (Å²) in [6.07, 6.45) is 0. The first-order valence-electron chi connectivity index (χ1n) is 7.37. The molecule has 0 bridgehead atoms. The topological polar surface area (TPSA) is 18.5 Å². The maximum absolute atomic E-state index is 13.6. The molecule has 4 rings (SSSR count). The van der Waals surface area contributed by atoms with Crippen LogP contribution in [0, 0.1) is 5.82 Å². The van der Waals surface area contributed by atoms with E-state index in [0.29, 0.717) is 37.7 Å². The Morgan fingerprint density at radius 3 is 2.12 bits per heavy atom. The average molecular weight is 396 g/mol. The van der Waals surface area contributed by atoms with E-state index in [0.717, 1.165) is 0 Å². The summed E-state index contributed by atoms with van der Waals surface area (Å²) in [4.78, 5) is 0. The normalized spacial score (nSPS) is 18.4. The highest BCUT2D eigenvalue weighted by Gasteiger charge is 2.47. The summed E-state index contributed by atoms with van der Waals surface area (Å²) in [6, 6.07) is 16.1. The van der Waals surface area contributed by atoms with Crippen LogP contribution in [0.4, 0.5) is 4.39 Å². The summed E-state index contributed by atoms with van der Waals surface area (Å²) >= 11 is 18.4. The summed E-state index contributed by atoms with van der Waals surface area (Å²) in [5.41, 5.74) is 1.22. The van der Waals surface area contributed by atoms with Crippen molar-refractivity contribution in [3.8, 4) is 11.5 Å². The summed E-state index contributed by atoms with van der Waals surface area (Å²) in [5, 5.41) is 1.43. The molecule has 2 nitrogen and oxygen atoms in total. The van der Waals surface area contributed by atoms with Crippen LogP contribution in [-0.4, -0.2) is 0 Å². The highest BCUT2D eigenvalue weighted by molar-refractivity contribution is 6.35. The van der Waals surface area contributed by atoms with Crippen LogP contribution in [0.25, 0.3) is 0 Å². The van der Waals surface area contributed by atoms with Gasteiger partial charge in [-0.2, -0.15) is 0 Å². The van der Waals surface area contributed by atoms with E-state index in [1.54, 1.807) is 42.5 Å². The van der Waals surface area contributed by atoms with Gasteiger partial charge in [-0.1, -0.05) is 34.8 Å². The van der Waals surface area contributed by atoms with Crippen molar-refractivity contribution >= 4 is 34.8 Å². The van der Waals surface area contributed by atoms with E-state index < -0.39 is 11.6 Å². The van der Waals surface area contributed by atoms with E-state index in [2.05, 4.69) is 0 Å². The highest BCUT2D eigenvalue weighted by atomic mass is 35.5. The van der Waals surface area contributed by atoms with Crippen LogP contribution < -0.4 is 9.47 Å². The van der Waals surface area contributed by atoms with Crippen LogP contribution in [0.15, 0.2) is 60.7 Å². The van der Waals surface area contributed by atoms with Gasteiger partial charge in [0.15, 0.2) is 11.5 Å². The molecule has 0 aliphatic carbocycles. The summed E-state index contributed by atoms with van der Waals surface area (Å²) in [5.74, 6) is -1.07. The lowest BCUT2D eigenvalue weighted by atomic mass is 9.97. The van der Waals surface area contributed by atoms with Gasteiger partial charge in [0.2, 0.25) is 0 Å². The lowest BCUT2D eigenvalue weighted by Gasteiger charge is -2.29. The first-order valence-corrected chi connectivity index (χ1v) is 8.50. The second-order valence-corrected chi connectivity index (χ2v) is 6.82. The smallest absolute Gasteiger partial charge is 0.307 e. The molecule has 3 aromatic carbocycles. The SMILES string of the molecule is Fc1ccc2c(c1)OC(c1ccc(Cl)cc1)(c1ccc(Cl)cc1Cl)O2. The molecule has 1 heterocycles. The Balaban J connectivity index is 1.92. The number of rotatable bonds is 2. The zero-order chi connectivity index (χ0) is 17.6. The van der Waals surface area contributed by atoms with Crippen molar-refractivity contribution < 1.29 is 13.9 Å². The van der Waals surface area contributed by atoms with Crippen LogP contribution in [0.5, 0.6) is 11.5 Å². The molecule has 0 saturated carbocycles. The maximum atomic E-state index is 13.6. The Bertz CT molecular complexity index is 959. The Morgan fingerprint density at radius 2 is 1.40 bits per heavy atom. The van der Waals surface area contributed by atoms with E-state index in [-0.39, 0.29) is 0 Å². The third kappa shape index (κ3) is 2.82. The molecule has 1 aliphatic heterocycles. The third-order valence-electron chi connectivity index (χ3n) is 3.92. The van der Waals surface area contributed by atoms with Crippen molar-refractivity contribution in [2.75, 3.05) is 0 Å². The standard InChI is InChI=1S/C19H10Cl3FO2/c20-12-3-1-11(2-4-12)19(15-7-5-13(21)9-16(15)22)24-17-8-6-14(23)10-18(17)25-19/h1-10H. The van der Waals surface area contributed by atoms with Crippen molar-refractivity contribution in [1.82, 2.24) is 0 Å². The molecule has 0 saturated heterocycles. The molecular weight excluding hydrogens is 386 g/mol. The lowest BCUT2D eigenvalue weighted by molar-refractivity contribution is -0.0458. The van der Waals surface area contributed by atoms with Gasteiger partial charge in [0, 0.05) is 21.7 Å². The minimum Gasteiger partial charge on any atom is -0.440 e. The summed E-state index contributed by atoms with van der Waals surface area (Å²) < 4.78 is 25.8. The maximum Gasteiger partial charge on any atom is 0.307 e. The molecule has 0 spiro atoms. The fourth-order valence-electron chi connectivity index (χ4n) is 2.79. The van der Waals surface area contributed by atoms with Crippen LogP contribution in [0.3, 0.4) is 0 Å². The van der Waals surface area contributed by atoms with Crippen LogP contribution in [0.2, 0.25) is 15.1 Å². The largest absolute Gasteiger partial charge is 0.440 e. The predicted octanol–water partition coefficient (Wildman–Crippen LogP) is 6.46. The van der Waals surface area contributed by atoms with Gasteiger partial charge in [-0.05, 0) is 54.6 Å². The minimum atomic E-state index is -1.36. The van der Waals surface area contributed by atoms with Crippen molar-refractivity contribution in [3.63, 3.8) is 0 Å². The Morgan fingerprint density at radius 1 is 0.720 bits per heavy atom. The molecule has 3 aromatic rings. The molecule has 1 atom stereocenters. The van der Waals surface area contributed by atoms with Gasteiger partial charge in [-0.15, -0.1) is 0 Å². The van der Waals surface area contributed by atoms with Crippen LogP contribution in [0.1, 0.15) is 11.1 Å². The van der Waals surface area contributed by atoms with Gasteiger partial charge in [-0.3, -0.25) is 0 Å². The summed E-state index contributed by atoms with van der Waals surface area (Å²) in [6.45, 7) is 0. The lowest BCUT2D eigenvalue weighted by Crippen LogP contribution is -2.37. The molecule has 0 radical (unpaired) electrons. The van der Waals surface area contributed by atoms with Crippen molar-refractivity contribution in [3.05, 3.63) is 92.7 Å². The second kappa shape index (κ2) is 6.10. The van der Waals surface area contributed by atoms with Gasteiger partial charge in [0.05, 0.1) is 10.6 Å². The molecule has 0 amide bonds. The van der Waals surface area contributed by atoms with E-state index in [9.17, 15) is 4.39 Å². The minimum absolute atomic E-state index is 0.293. The molecule has 1 unspecified atom stereocenters. The Labute approximate surface area is 158 Å². The molecule has 25 heavy (non-hydrogen) atoms. The van der Waals surface area contributed by atoms with Crippen LogP contribution in [-0.2, 0) is 5.79 Å². The molecule has 6 heteroatoms. The van der Waals surface area contributed by atoms with Gasteiger partial charge in [0.1, 0.15) is 5.82 Å². The molecule has 0 fully saturated rings. The van der Waals surface area contributed by atoms with Crippen molar-refractivity contribution in [2.45, 2.75) is 5.79 Å². The van der Waals surface area contributed by atoms with Gasteiger partial charge < -0.3 is 9.47 Å². The van der Waals surface area contributed by atoms with Crippen molar-refractivity contribution in [2.24, 2.45) is 0 Å². The molecule has 0 N–H and O–H groups in total. The Hall–Kier alpha value is -1.94. The number of hydrogen-bond acceptors (Lipinski definition) is 2. The number of hydrogen-bond donors (Lipinski definition) is 0. The predicted molar refractivity (Wildman–Crippen MR) is 96.4 cm³/mol. The molecular formula is C19H10Cl3FO2.